The van der Waals surface area contributed by atoms with Crippen LogP contribution in [0, 0.1) is 5.82 Å². The summed E-state index contributed by atoms with van der Waals surface area (Å²) in [5.41, 5.74) is 2.33. The third-order valence-electron chi connectivity index (χ3n) is 5.26. The van der Waals surface area contributed by atoms with Crippen LogP contribution in [0.5, 0.6) is 0 Å². The number of benzene rings is 1. The maximum absolute atomic E-state index is 13.3. The number of nitrogens with zero attached hydrogens (tertiary/aromatic N) is 2. The fraction of sp³-hybridized carbons (Fsp3) is 0.474. The molecule has 2 aliphatic rings. The second kappa shape index (κ2) is 6.58. The van der Waals surface area contributed by atoms with Crippen LogP contribution in [-0.2, 0) is 11.8 Å². The number of ether oxygens (including phenoxy) is 1. The van der Waals surface area contributed by atoms with E-state index in [0.29, 0.717) is 11.5 Å². The van der Waals surface area contributed by atoms with Gasteiger partial charge in [-0.1, -0.05) is 6.42 Å². The number of carbonyl (C=O) groups excluding carboxylic acids is 1. The molecule has 1 aromatic carbocycles. The van der Waals surface area contributed by atoms with Crippen molar-refractivity contribution < 1.29 is 22.7 Å². The molecular formula is C19H20F3N3O2. The molecule has 0 unspecified atom stereocenters. The first-order chi connectivity index (χ1) is 12.8. The highest BCUT2D eigenvalue weighted by Gasteiger charge is 2.47. The van der Waals surface area contributed by atoms with Crippen LogP contribution in [0.15, 0.2) is 24.3 Å². The van der Waals surface area contributed by atoms with Crippen molar-refractivity contribution in [3.8, 4) is 11.3 Å². The van der Waals surface area contributed by atoms with Gasteiger partial charge < -0.3 is 4.74 Å². The van der Waals surface area contributed by atoms with E-state index in [4.69, 9.17) is 4.74 Å². The molecule has 0 atom stereocenters. The summed E-state index contributed by atoms with van der Waals surface area (Å²) in [4.78, 5) is 12.2. The van der Waals surface area contributed by atoms with Crippen molar-refractivity contribution in [1.29, 1.82) is 0 Å². The van der Waals surface area contributed by atoms with Gasteiger partial charge in [0.05, 0.1) is 5.69 Å². The lowest BCUT2D eigenvalue weighted by Gasteiger charge is -2.34. The zero-order valence-electron chi connectivity index (χ0n) is 14.8. The van der Waals surface area contributed by atoms with Gasteiger partial charge in [-0.25, -0.2) is 18.0 Å². The molecule has 0 saturated heterocycles. The lowest BCUT2D eigenvalue weighted by atomic mass is 9.79. The lowest BCUT2D eigenvalue weighted by Crippen LogP contribution is -2.43. The summed E-state index contributed by atoms with van der Waals surface area (Å²) in [6.45, 7) is 0. The van der Waals surface area contributed by atoms with E-state index in [9.17, 15) is 18.0 Å². The molecule has 1 aromatic heterocycles. The van der Waals surface area contributed by atoms with Crippen molar-refractivity contribution in [1.82, 2.24) is 9.78 Å². The van der Waals surface area contributed by atoms with E-state index in [-0.39, 0.29) is 11.7 Å². The van der Waals surface area contributed by atoms with E-state index in [1.54, 1.807) is 23.9 Å². The summed E-state index contributed by atoms with van der Waals surface area (Å²) >= 11 is 0. The number of halogens is 3. The van der Waals surface area contributed by atoms with Gasteiger partial charge >= 0.3 is 6.09 Å². The first-order valence-corrected chi connectivity index (χ1v) is 9.01. The second-order valence-electron chi connectivity index (χ2n) is 7.29. The molecular weight excluding hydrogens is 359 g/mol. The molecule has 2 aromatic rings. The van der Waals surface area contributed by atoms with Gasteiger partial charge in [0.2, 0.25) is 0 Å². The van der Waals surface area contributed by atoms with Gasteiger partial charge in [-0.3, -0.25) is 10.00 Å². The highest BCUT2D eigenvalue weighted by atomic mass is 19.3. The monoisotopic (exact) mass is 379 g/mol. The largest absolute Gasteiger partial charge is 0.445 e. The Bertz CT molecular complexity index is 852. The number of nitrogens with one attached hydrogen (secondary N) is 1. The number of alkyl halides is 2. The van der Waals surface area contributed by atoms with E-state index < -0.39 is 31.0 Å². The minimum Gasteiger partial charge on any atom is -0.445 e. The van der Waals surface area contributed by atoms with Crippen molar-refractivity contribution in [2.24, 2.45) is 7.05 Å². The number of aromatic nitrogens is 2. The predicted octanol–water partition coefficient (Wildman–Crippen LogP) is 4.84. The molecule has 1 amide bonds. The Balaban J connectivity index is 1.58. The van der Waals surface area contributed by atoms with Gasteiger partial charge in [0.25, 0.3) is 5.92 Å². The Hall–Kier alpha value is -2.51. The Morgan fingerprint density at radius 2 is 1.93 bits per heavy atom. The van der Waals surface area contributed by atoms with Crippen LogP contribution >= 0.6 is 0 Å². The van der Waals surface area contributed by atoms with Gasteiger partial charge in [0, 0.05) is 31.0 Å². The number of amides is 1. The number of carbonyl (C=O) groups is 1. The molecule has 0 aliphatic heterocycles. The molecule has 4 rings (SSSR count). The molecule has 2 fully saturated rings. The van der Waals surface area contributed by atoms with Crippen LogP contribution in [0.3, 0.4) is 0 Å². The Morgan fingerprint density at radius 1 is 1.26 bits per heavy atom. The molecule has 1 heterocycles. The molecule has 2 saturated carbocycles. The molecule has 0 spiro atoms. The Morgan fingerprint density at radius 3 is 2.48 bits per heavy atom. The van der Waals surface area contributed by atoms with Gasteiger partial charge in [0.15, 0.2) is 0 Å². The molecule has 0 bridgehead atoms. The molecule has 27 heavy (non-hydrogen) atoms. The predicted molar refractivity (Wildman–Crippen MR) is 93.3 cm³/mol. The van der Waals surface area contributed by atoms with Gasteiger partial charge in [-0.15, -0.1) is 0 Å². The Kier molecular flexibility index (Phi) is 4.36. The van der Waals surface area contributed by atoms with E-state index in [1.807, 2.05) is 0 Å². The van der Waals surface area contributed by atoms with Crippen LogP contribution in [0.4, 0.5) is 23.8 Å². The van der Waals surface area contributed by atoms with Crippen molar-refractivity contribution in [2.75, 3.05) is 5.32 Å². The fourth-order valence-corrected chi connectivity index (χ4v) is 3.56. The minimum absolute atomic E-state index is 0.238. The fourth-order valence-electron chi connectivity index (χ4n) is 3.56. The molecule has 2 aliphatic carbocycles. The summed E-state index contributed by atoms with van der Waals surface area (Å²) in [6.07, 6.45) is 0.617. The van der Waals surface area contributed by atoms with Gasteiger partial charge in [-0.05, 0) is 43.0 Å². The van der Waals surface area contributed by atoms with E-state index in [0.717, 1.165) is 30.4 Å². The van der Waals surface area contributed by atoms with Crippen LogP contribution in [-0.4, -0.2) is 27.9 Å². The maximum atomic E-state index is 13.3. The average molecular weight is 379 g/mol. The summed E-state index contributed by atoms with van der Waals surface area (Å²) in [5, 5.41) is 7.18. The van der Waals surface area contributed by atoms with Crippen molar-refractivity contribution >= 4 is 11.9 Å². The number of rotatable bonds is 4. The van der Waals surface area contributed by atoms with Crippen LogP contribution in [0.1, 0.15) is 43.6 Å². The number of aryl methyl sites for hydroxylation is 1. The number of hydrogen-bond donors (Lipinski definition) is 1. The third-order valence-corrected chi connectivity index (χ3v) is 5.26. The van der Waals surface area contributed by atoms with E-state index in [1.165, 1.54) is 12.1 Å². The molecule has 1 N–H and O–H groups in total. The summed E-state index contributed by atoms with van der Waals surface area (Å²) in [5.74, 6) is -2.35. The summed E-state index contributed by atoms with van der Waals surface area (Å²) in [7, 11) is 1.70. The zero-order chi connectivity index (χ0) is 19.2. The highest BCUT2D eigenvalue weighted by molar-refractivity contribution is 5.87. The smallest absolute Gasteiger partial charge is 0.413 e. The topological polar surface area (TPSA) is 56.2 Å². The minimum atomic E-state index is -2.75. The average Bonchev–Trinajstić information content (AvgIpc) is 2.82. The molecule has 0 radical (unpaired) electrons. The van der Waals surface area contributed by atoms with Crippen molar-refractivity contribution in [3.63, 3.8) is 0 Å². The second-order valence-corrected chi connectivity index (χ2v) is 7.29. The third kappa shape index (κ3) is 3.52. The van der Waals surface area contributed by atoms with Gasteiger partial charge in [0.1, 0.15) is 17.7 Å². The van der Waals surface area contributed by atoms with E-state index in [2.05, 4.69) is 10.4 Å². The van der Waals surface area contributed by atoms with Crippen molar-refractivity contribution in [3.05, 3.63) is 35.6 Å². The zero-order valence-corrected chi connectivity index (χ0v) is 14.8. The number of hydrogen-bond acceptors (Lipinski definition) is 3. The molecule has 5 nitrogen and oxygen atoms in total. The standard InChI is InChI=1S/C19H20F3N3O2/c1-25-17(23-18(26)27-14-9-19(21,22)10-14)15(11-3-2-4-11)16(24-25)12-5-7-13(20)8-6-12/h5-8,11,14H,2-4,9-10H2,1H3,(H,23,26). The van der Waals surface area contributed by atoms with Crippen molar-refractivity contribution in [2.45, 2.75) is 50.0 Å². The van der Waals surface area contributed by atoms with Crippen LogP contribution in [0.25, 0.3) is 11.3 Å². The highest BCUT2D eigenvalue weighted by Crippen LogP contribution is 2.45. The molecule has 144 valence electrons. The summed E-state index contributed by atoms with van der Waals surface area (Å²) in [6, 6.07) is 6.04. The van der Waals surface area contributed by atoms with E-state index >= 15 is 0 Å². The first kappa shape index (κ1) is 17.9. The quantitative estimate of drug-likeness (QED) is 0.827. The first-order valence-electron chi connectivity index (χ1n) is 9.01. The maximum Gasteiger partial charge on any atom is 0.413 e. The summed E-state index contributed by atoms with van der Waals surface area (Å²) < 4.78 is 45.7. The number of anilines is 1. The normalized spacial score (nSPS) is 19.3. The van der Waals surface area contributed by atoms with Crippen LogP contribution < -0.4 is 5.32 Å². The lowest BCUT2D eigenvalue weighted by molar-refractivity contribution is -0.142. The van der Waals surface area contributed by atoms with Gasteiger partial charge in [-0.2, -0.15) is 5.10 Å². The van der Waals surface area contributed by atoms with Crippen LogP contribution in [0.2, 0.25) is 0 Å². The SMILES string of the molecule is Cn1nc(-c2ccc(F)cc2)c(C2CCC2)c1NC(=O)OC1CC(F)(F)C1. The Labute approximate surface area is 154 Å². The molecule has 8 heteroatoms.